The van der Waals surface area contributed by atoms with Gasteiger partial charge in [-0.05, 0) is 40.5 Å². The van der Waals surface area contributed by atoms with Gasteiger partial charge in [0, 0.05) is 30.6 Å². The molecule has 0 saturated heterocycles. The predicted molar refractivity (Wildman–Crippen MR) is 145 cm³/mol. The summed E-state index contributed by atoms with van der Waals surface area (Å²) in [4.78, 5) is 37.9. The molecule has 0 radical (unpaired) electrons. The number of carboxylic acid groups (broad SMARTS) is 2. The molecule has 3 aromatic carbocycles. The molecule has 0 aliphatic carbocycles. The number of aliphatic hydroxyl groups is 1. The van der Waals surface area contributed by atoms with Gasteiger partial charge < -0.3 is 20.2 Å². The molecule has 0 spiro atoms. The van der Waals surface area contributed by atoms with Crippen molar-refractivity contribution in [1.29, 1.82) is 0 Å². The van der Waals surface area contributed by atoms with E-state index >= 15 is 0 Å². The summed E-state index contributed by atoms with van der Waals surface area (Å²) >= 11 is 5.91. The average Bonchev–Trinajstić information content (AvgIpc) is 3.34. The largest absolute Gasteiger partial charge is 0.479 e. The summed E-state index contributed by atoms with van der Waals surface area (Å²) in [6.07, 6.45) is -1.95. The van der Waals surface area contributed by atoms with Gasteiger partial charge in [-0.3, -0.25) is 9.48 Å². The van der Waals surface area contributed by atoms with Crippen molar-refractivity contribution in [3.63, 3.8) is 0 Å². The molecule has 1 heterocycles. The van der Waals surface area contributed by atoms with Gasteiger partial charge in [0.05, 0.1) is 6.54 Å². The zero-order valence-electron chi connectivity index (χ0n) is 21.1. The molecule has 4 rings (SSSR count). The Labute approximate surface area is 233 Å². The summed E-state index contributed by atoms with van der Waals surface area (Å²) in [5.74, 6) is -4.04. The first kappa shape index (κ1) is 28.5. The lowest BCUT2D eigenvalue weighted by Crippen LogP contribution is -2.35. The van der Waals surface area contributed by atoms with Crippen LogP contribution in [0.1, 0.15) is 38.5 Å². The van der Waals surface area contributed by atoms with Crippen LogP contribution in [0.4, 0.5) is 4.39 Å². The van der Waals surface area contributed by atoms with Gasteiger partial charge in [0.25, 0.3) is 5.91 Å². The SMILES string of the molecule is O=C(O)c1cc(C(=O)N(CC[C@@H](O)C(=O)O)Cc2ccc(-c3ccccc3)cc2)nn1Cc1cc(F)cc(Cl)c1. The Balaban J connectivity index is 1.60. The van der Waals surface area contributed by atoms with Crippen molar-refractivity contribution in [2.75, 3.05) is 6.54 Å². The number of rotatable bonds is 11. The van der Waals surface area contributed by atoms with E-state index in [2.05, 4.69) is 5.10 Å². The molecule has 0 fully saturated rings. The number of carbonyl (C=O) groups excluding carboxylic acids is 1. The van der Waals surface area contributed by atoms with Gasteiger partial charge in [0.15, 0.2) is 11.8 Å². The predicted octanol–water partition coefficient (Wildman–Crippen LogP) is 4.57. The molecule has 1 amide bonds. The zero-order chi connectivity index (χ0) is 28.8. The van der Waals surface area contributed by atoms with Gasteiger partial charge in [0.2, 0.25) is 0 Å². The van der Waals surface area contributed by atoms with Gasteiger partial charge >= 0.3 is 11.9 Å². The third-order valence-electron chi connectivity index (χ3n) is 6.15. The van der Waals surface area contributed by atoms with Gasteiger partial charge in [-0.1, -0.05) is 66.2 Å². The molecule has 3 N–H and O–H groups in total. The minimum atomic E-state index is -1.69. The number of hydrogen-bond acceptors (Lipinski definition) is 5. The van der Waals surface area contributed by atoms with Crippen LogP contribution in [0.5, 0.6) is 0 Å². The zero-order valence-corrected chi connectivity index (χ0v) is 21.8. The van der Waals surface area contributed by atoms with Gasteiger partial charge in [-0.15, -0.1) is 0 Å². The van der Waals surface area contributed by atoms with Crippen molar-refractivity contribution in [1.82, 2.24) is 14.7 Å². The highest BCUT2D eigenvalue weighted by Crippen LogP contribution is 2.21. The van der Waals surface area contributed by atoms with E-state index in [0.29, 0.717) is 5.56 Å². The first-order valence-corrected chi connectivity index (χ1v) is 12.6. The van der Waals surface area contributed by atoms with E-state index in [-0.39, 0.29) is 42.5 Å². The Morgan fingerprint density at radius 2 is 1.60 bits per heavy atom. The maximum Gasteiger partial charge on any atom is 0.354 e. The molecule has 0 aliphatic rings. The fraction of sp³-hybridized carbons (Fsp3) is 0.172. The van der Waals surface area contributed by atoms with E-state index in [0.717, 1.165) is 33.5 Å². The van der Waals surface area contributed by atoms with Crippen LogP contribution in [0, 0.1) is 5.82 Å². The lowest BCUT2D eigenvalue weighted by molar-refractivity contribution is -0.147. The number of nitrogens with zero attached hydrogens (tertiary/aromatic N) is 3. The van der Waals surface area contributed by atoms with Crippen molar-refractivity contribution < 1.29 is 34.1 Å². The van der Waals surface area contributed by atoms with E-state index in [1.807, 2.05) is 54.6 Å². The normalized spacial score (nSPS) is 11.7. The third-order valence-corrected chi connectivity index (χ3v) is 6.37. The number of benzene rings is 3. The Bertz CT molecular complexity index is 1500. The topological polar surface area (TPSA) is 133 Å². The summed E-state index contributed by atoms with van der Waals surface area (Å²) in [5, 5.41) is 32.9. The van der Waals surface area contributed by atoms with E-state index in [1.54, 1.807) is 0 Å². The number of halogens is 2. The summed E-state index contributed by atoms with van der Waals surface area (Å²) in [6.45, 7) is -0.248. The van der Waals surface area contributed by atoms with Crippen LogP contribution in [0.3, 0.4) is 0 Å². The van der Waals surface area contributed by atoms with Crippen LogP contribution >= 0.6 is 11.6 Å². The monoisotopic (exact) mass is 565 g/mol. The van der Waals surface area contributed by atoms with Crippen LogP contribution in [0.25, 0.3) is 11.1 Å². The third kappa shape index (κ3) is 7.10. The maximum absolute atomic E-state index is 13.8. The van der Waals surface area contributed by atoms with Gasteiger partial charge in [-0.25, -0.2) is 14.0 Å². The van der Waals surface area contributed by atoms with Crippen LogP contribution in [-0.2, 0) is 17.9 Å². The Morgan fingerprint density at radius 1 is 0.925 bits per heavy atom. The molecule has 40 heavy (non-hydrogen) atoms. The molecule has 0 aliphatic heterocycles. The van der Waals surface area contributed by atoms with Crippen molar-refractivity contribution in [2.24, 2.45) is 0 Å². The molecule has 11 heteroatoms. The minimum Gasteiger partial charge on any atom is -0.479 e. The van der Waals surface area contributed by atoms with Gasteiger partial charge in [0.1, 0.15) is 11.5 Å². The molecule has 0 bridgehead atoms. The van der Waals surface area contributed by atoms with E-state index in [1.165, 1.54) is 17.0 Å². The summed E-state index contributed by atoms with van der Waals surface area (Å²) in [6, 6.07) is 22.0. The molecule has 1 aromatic heterocycles. The first-order valence-electron chi connectivity index (χ1n) is 12.2. The molecule has 0 saturated carbocycles. The smallest absolute Gasteiger partial charge is 0.354 e. The van der Waals surface area contributed by atoms with Crippen molar-refractivity contribution in [3.8, 4) is 11.1 Å². The Hall–Kier alpha value is -4.54. The molecular weight excluding hydrogens is 541 g/mol. The first-order chi connectivity index (χ1) is 19.1. The molecule has 1 atom stereocenters. The second kappa shape index (κ2) is 12.5. The standard InChI is InChI=1S/C29H25ClFN3O6/c30-22-12-19(13-23(31)14-22)17-34-25(28(37)38)15-24(32-34)27(36)33(11-10-26(35)29(39)40)16-18-6-8-21(9-7-18)20-4-2-1-3-5-20/h1-9,12-15,26,35H,10-11,16-17H2,(H,37,38)(H,39,40)/t26-/m1/s1. The fourth-order valence-corrected chi connectivity index (χ4v) is 4.40. The fourth-order valence-electron chi connectivity index (χ4n) is 4.16. The quantitative estimate of drug-likeness (QED) is 0.243. The van der Waals surface area contributed by atoms with Crippen LogP contribution in [0.15, 0.2) is 78.9 Å². The highest BCUT2D eigenvalue weighted by molar-refractivity contribution is 6.30. The molecule has 206 valence electrons. The lowest BCUT2D eigenvalue weighted by atomic mass is 10.0. The van der Waals surface area contributed by atoms with E-state index in [9.17, 15) is 29.0 Å². The second-order valence-corrected chi connectivity index (χ2v) is 9.52. The van der Waals surface area contributed by atoms with E-state index in [4.69, 9.17) is 16.7 Å². The number of aliphatic hydroxyl groups excluding tert-OH is 1. The van der Waals surface area contributed by atoms with Crippen molar-refractivity contribution >= 4 is 29.4 Å². The Morgan fingerprint density at radius 3 is 2.23 bits per heavy atom. The maximum atomic E-state index is 13.8. The number of hydrogen-bond donors (Lipinski definition) is 3. The highest BCUT2D eigenvalue weighted by Gasteiger charge is 2.25. The average molecular weight is 566 g/mol. The number of aliphatic carboxylic acids is 1. The van der Waals surface area contributed by atoms with Crippen LogP contribution in [0.2, 0.25) is 5.02 Å². The number of carboxylic acids is 2. The lowest BCUT2D eigenvalue weighted by Gasteiger charge is -2.23. The molecular formula is C29H25ClFN3O6. The molecule has 9 nitrogen and oxygen atoms in total. The minimum absolute atomic E-state index is 0.0506. The second-order valence-electron chi connectivity index (χ2n) is 9.09. The van der Waals surface area contributed by atoms with Crippen molar-refractivity contribution in [3.05, 3.63) is 112 Å². The van der Waals surface area contributed by atoms with Crippen LogP contribution in [-0.4, -0.2) is 60.5 Å². The number of carbonyl (C=O) groups is 3. The highest BCUT2D eigenvalue weighted by atomic mass is 35.5. The summed E-state index contributed by atoms with van der Waals surface area (Å²) in [7, 11) is 0. The molecule has 4 aromatic rings. The summed E-state index contributed by atoms with van der Waals surface area (Å²) < 4.78 is 14.9. The Kier molecular flexibility index (Phi) is 8.93. The van der Waals surface area contributed by atoms with Crippen LogP contribution < -0.4 is 0 Å². The summed E-state index contributed by atoms with van der Waals surface area (Å²) in [5.41, 5.74) is 2.54. The van der Waals surface area contributed by atoms with Gasteiger partial charge in [-0.2, -0.15) is 5.10 Å². The van der Waals surface area contributed by atoms with E-state index < -0.39 is 29.8 Å². The number of aromatic nitrogens is 2. The number of aromatic carboxylic acids is 1. The van der Waals surface area contributed by atoms with Crippen molar-refractivity contribution in [2.45, 2.75) is 25.6 Å². The molecule has 0 unspecified atom stereocenters. The number of amides is 1.